The van der Waals surface area contributed by atoms with Gasteiger partial charge in [-0.05, 0) is 30.3 Å². The Balaban J connectivity index is 1.96. The molecule has 0 spiro atoms. The molecule has 0 aliphatic rings. The predicted octanol–water partition coefficient (Wildman–Crippen LogP) is 3.11. The highest BCUT2D eigenvalue weighted by Crippen LogP contribution is 2.22. The number of anilines is 1. The summed E-state index contributed by atoms with van der Waals surface area (Å²) in [5.41, 5.74) is 0.169. The minimum Gasteiger partial charge on any atom is -0.322 e. The molecule has 0 aliphatic carbocycles. The topological polar surface area (TPSA) is 74.8 Å². The molecule has 0 unspecified atom stereocenters. The van der Waals surface area contributed by atoms with Crippen LogP contribution < -0.4 is 10.9 Å². The maximum atomic E-state index is 13.3. The van der Waals surface area contributed by atoms with Crippen molar-refractivity contribution in [2.24, 2.45) is 0 Å². The van der Waals surface area contributed by atoms with Crippen LogP contribution in [0.2, 0.25) is 5.02 Å². The molecule has 8 heteroatoms. The largest absolute Gasteiger partial charge is 0.322 e. The smallest absolute Gasteiger partial charge is 0.258 e. The summed E-state index contributed by atoms with van der Waals surface area (Å²) >= 11 is 5.75. The number of fused-ring (bicyclic) bond motifs is 1. The summed E-state index contributed by atoms with van der Waals surface area (Å²) in [6.07, 6.45) is 1.27. The van der Waals surface area contributed by atoms with E-state index in [0.717, 1.165) is 6.07 Å². The zero-order valence-corrected chi connectivity index (χ0v) is 12.1. The molecule has 0 saturated heterocycles. The molecule has 0 bridgehead atoms. The zero-order chi connectivity index (χ0) is 16.6. The van der Waals surface area contributed by atoms with Gasteiger partial charge < -0.3 is 10.3 Å². The van der Waals surface area contributed by atoms with Crippen LogP contribution in [0.3, 0.4) is 0 Å². The first kappa shape index (κ1) is 15.1. The number of hydrogen-bond donors (Lipinski definition) is 2. The number of carbonyl (C=O) groups is 1. The van der Waals surface area contributed by atoms with Gasteiger partial charge in [0.25, 0.3) is 11.5 Å². The molecular formula is C15H8ClF2N3O2. The number of nitrogens with zero attached hydrogens (tertiary/aromatic N) is 1. The molecular weight excluding hydrogens is 328 g/mol. The normalized spacial score (nSPS) is 10.7. The van der Waals surface area contributed by atoms with Crippen molar-refractivity contribution in [3.63, 3.8) is 0 Å². The second kappa shape index (κ2) is 5.77. The van der Waals surface area contributed by atoms with Crippen LogP contribution in [0, 0.1) is 11.6 Å². The van der Waals surface area contributed by atoms with Gasteiger partial charge >= 0.3 is 0 Å². The Labute approximate surface area is 132 Å². The number of halogens is 3. The lowest BCUT2D eigenvalue weighted by Crippen LogP contribution is -2.14. The average molecular weight is 336 g/mol. The maximum Gasteiger partial charge on any atom is 0.258 e. The highest BCUT2D eigenvalue weighted by molar-refractivity contribution is 6.34. The Morgan fingerprint density at radius 1 is 1.17 bits per heavy atom. The van der Waals surface area contributed by atoms with Gasteiger partial charge in [-0.3, -0.25) is 9.59 Å². The first-order valence-corrected chi connectivity index (χ1v) is 6.77. The minimum atomic E-state index is -1.18. The SMILES string of the molecule is O=C(Nc1ccc2nc[nH]c(=O)c2c1)c1cc(F)c(F)cc1Cl. The Bertz CT molecular complexity index is 988. The van der Waals surface area contributed by atoms with Crippen molar-refractivity contribution in [3.05, 3.63) is 69.2 Å². The van der Waals surface area contributed by atoms with E-state index in [-0.39, 0.29) is 21.5 Å². The number of nitrogens with one attached hydrogen (secondary N) is 2. The summed E-state index contributed by atoms with van der Waals surface area (Å²) in [6, 6.07) is 5.93. The zero-order valence-electron chi connectivity index (χ0n) is 11.4. The fraction of sp³-hybridized carbons (Fsp3) is 0. The van der Waals surface area contributed by atoms with Crippen molar-refractivity contribution in [2.45, 2.75) is 0 Å². The number of H-pyrrole nitrogens is 1. The Morgan fingerprint density at radius 2 is 1.91 bits per heavy atom. The average Bonchev–Trinajstić information content (AvgIpc) is 2.51. The molecule has 1 amide bonds. The van der Waals surface area contributed by atoms with Crippen molar-refractivity contribution in [1.82, 2.24) is 9.97 Å². The molecule has 5 nitrogen and oxygen atoms in total. The number of aromatic amines is 1. The monoisotopic (exact) mass is 335 g/mol. The van der Waals surface area contributed by atoms with Gasteiger partial charge in [0.2, 0.25) is 0 Å². The van der Waals surface area contributed by atoms with E-state index in [4.69, 9.17) is 11.6 Å². The number of amides is 1. The van der Waals surface area contributed by atoms with Gasteiger partial charge in [0.05, 0.1) is 27.8 Å². The standard InChI is InChI=1S/C15H8ClF2N3O2/c16-10-5-12(18)11(17)4-8(10)15(23)21-7-1-2-13-9(3-7)14(22)20-6-19-13/h1-6H,(H,21,23)(H,19,20,22). The highest BCUT2D eigenvalue weighted by atomic mass is 35.5. The van der Waals surface area contributed by atoms with Crippen LogP contribution in [-0.2, 0) is 0 Å². The first-order chi connectivity index (χ1) is 11.0. The molecule has 0 fully saturated rings. The van der Waals surface area contributed by atoms with Crippen molar-refractivity contribution in [3.8, 4) is 0 Å². The van der Waals surface area contributed by atoms with E-state index in [1.165, 1.54) is 18.5 Å². The molecule has 23 heavy (non-hydrogen) atoms. The van der Waals surface area contributed by atoms with Crippen molar-refractivity contribution < 1.29 is 13.6 Å². The second-order valence-electron chi connectivity index (χ2n) is 4.66. The predicted molar refractivity (Wildman–Crippen MR) is 81.7 cm³/mol. The number of benzene rings is 2. The van der Waals surface area contributed by atoms with Crippen LogP contribution in [0.15, 0.2) is 41.5 Å². The van der Waals surface area contributed by atoms with Crippen LogP contribution in [0.1, 0.15) is 10.4 Å². The first-order valence-electron chi connectivity index (χ1n) is 6.39. The summed E-state index contributed by atoms with van der Waals surface area (Å²) in [7, 11) is 0. The van der Waals surface area contributed by atoms with E-state index in [1.807, 2.05) is 0 Å². The van der Waals surface area contributed by atoms with E-state index >= 15 is 0 Å². The Kier molecular flexibility index (Phi) is 3.79. The third-order valence-electron chi connectivity index (χ3n) is 3.15. The van der Waals surface area contributed by atoms with Crippen LogP contribution in [0.25, 0.3) is 10.9 Å². The fourth-order valence-corrected chi connectivity index (χ4v) is 2.28. The van der Waals surface area contributed by atoms with Crippen LogP contribution in [0.4, 0.5) is 14.5 Å². The van der Waals surface area contributed by atoms with Crippen molar-refractivity contribution in [1.29, 1.82) is 0 Å². The van der Waals surface area contributed by atoms with E-state index in [0.29, 0.717) is 17.3 Å². The lowest BCUT2D eigenvalue weighted by atomic mass is 10.1. The molecule has 2 aromatic carbocycles. The Hall–Kier alpha value is -2.80. The highest BCUT2D eigenvalue weighted by Gasteiger charge is 2.15. The number of hydrogen-bond acceptors (Lipinski definition) is 3. The molecule has 1 aromatic heterocycles. The third kappa shape index (κ3) is 2.91. The molecule has 0 aliphatic heterocycles. The third-order valence-corrected chi connectivity index (χ3v) is 3.47. The number of carbonyl (C=O) groups excluding carboxylic acids is 1. The fourth-order valence-electron chi connectivity index (χ4n) is 2.04. The number of aromatic nitrogens is 2. The lowest BCUT2D eigenvalue weighted by molar-refractivity contribution is 0.102. The van der Waals surface area contributed by atoms with Crippen molar-refractivity contribution in [2.75, 3.05) is 5.32 Å². The minimum absolute atomic E-state index is 0.217. The van der Waals surface area contributed by atoms with Gasteiger partial charge in [-0.2, -0.15) is 0 Å². The van der Waals surface area contributed by atoms with E-state index < -0.39 is 17.5 Å². The van der Waals surface area contributed by atoms with Gasteiger partial charge in [-0.1, -0.05) is 11.6 Å². The molecule has 3 aromatic rings. The second-order valence-corrected chi connectivity index (χ2v) is 5.07. The van der Waals surface area contributed by atoms with Gasteiger partial charge in [-0.15, -0.1) is 0 Å². The van der Waals surface area contributed by atoms with Crippen LogP contribution >= 0.6 is 11.6 Å². The van der Waals surface area contributed by atoms with Gasteiger partial charge in [0.1, 0.15) is 0 Å². The quantitative estimate of drug-likeness (QED) is 0.707. The van der Waals surface area contributed by atoms with Crippen LogP contribution in [0.5, 0.6) is 0 Å². The number of rotatable bonds is 2. The molecule has 116 valence electrons. The molecule has 0 radical (unpaired) electrons. The maximum absolute atomic E-state index is 13.3. The van der Waals surface area contributed by atoms with E-state index in [9.17, 15) is 18.4 Å². The molecule has 0 atom stereocenters. The molecule has 3 rings (SSSR count). The molecule has 0 saturated carbocycles. The van der Waals surface area contributed by atoms with E-state index in [2.05, 4.69) is 15.3 Å². The van der Waals surface area contributed by atoms with Crippen molar-refractivity contribution >= 4 is 34.1 Å². The van der Waals surface area contributed by atoms with Crippen LogP contribution in [-0.4, -0.2) is 15.9 Å². The van der Waals surface area contributed by atoms with E-state index in [1.54, 1.807) is 6.07 Å². The summed E-state index contributed by atoms with van der Waals surface area (Å²) in [5, 5.41) is 2.53. The summed E-state index contributed by atoms with van der Waals surface area (Å²) in [5.74, 6) is -3.05. The van der Waals surface area contributed by atoms with Gasteiger partial charge in [0, 0.05) is 5.69 Å². The molecule has 1 heterocycles. The lowest BCUT2D eigenvalue weighted by Gasteiger charge is -2.08. The summed E-state index contributed by atoms with van der Waals surface area (Å²) in [4.78, 5) is 30.2. The van der Waals surface area contributed by atoms with Gasteiger partial charge in [-0.25, -0.2) is 13.8 Å². The summed E-state index contributed by atoms with van der Waals surface area (Å²) in [6.45, 7) is 0. The van der Waals surface area contributed by atoms with Gasteiger partial charge in [0.15, 0.2) is 11.6 Å². The molecule has 2 N–H and O–H groups in total. The Morgan fingerprint density at radius 3 is 2.70 bits per heavy atom. The summed E-state index contributed by atoms with van der Waals surface area (Å²) < 4.78 is 26.3.